The molecule has 1 fully saturated rings. The van der Waals surface area contributed by atoms with Crippen molar-refractivity contribution in [3.63, 3.8) is 0 Å². The van der Waals surface area contributed by atoms with Crippen molar-refractivity contribution in [3.8, 4) is 0 Å². The normalized spacial score (nSPS) is 15.9. The number of amides is 2. The molecule has 2 rings (SSSR count). The topological polar surface area (TPSA) is 83.9 Å². The summed E-state index contributed by atoms with van der Waals surface area (Å²) < 4.78 is 17.7. The molecule has 6 nitrogen and oxygen atoms in total. The summed E-state index contributed by atoms with van der Waals surface area (Å²) in [6.45, 7) is -0.635. The highest BCUT2D eigenvalue weighted by Crippen LogP contribution is 2.23. The summed E-state index contributed by atoms with van der Waals surface area (Å²) in [5, 5.41) is 8.95. The molecule has 0 atom stereocenters. The van der Waals surface area contributed by atoms with Crippen molar-refractivity contribution in [1.82, 2.24) is 0 Å². The number of morpholine rings is 1. The fraction of sp³-hybridized carbons (Fsp3) is 0.182. The Morgan fingerprint density at radius 3 is 2.44 bits per heavy atom. The van der Waals surface area contributed by atoms with E-state index in [9.17, 15) is 18.8 Å². The first kappa shape index (κ1) is 12.2. The molecule has 7 heteroatoms. The van der Waals surface area contributed by atoms with Gasteiger partial charge in [0.1, 0.15) is 19.0 Å². The number of carboxylic acid groups (broad SMARTS) is 1. The minimum absolute atomic E-state index is 0.151. The monoisotopic (exact) mass is 253 g/mol. The maximum Gasteiger partial charge on any atom is 0.337 e. The Morgan fingerprint density at radius 2 is 1.89 bits per heavy atom. The average molecular weight is 253 g/mol. The highest BCUT2D eigenvalue weighted by molar-refractivity contribution is 6.19. The number of aromatic carboxylic acids is 1. The molecule has 1 aliphatic rings. The molecule has 0 aliphatic carbocycles. The first-order valence-electron chi connectivity index (χ1n) is 4.97. The van der Waals surface area contributed by atoms with E-state index in [0.29, 0.717) is 4.90 Å². The second-order valence-corrected chi connectivity index (χ2v) is 3.58. The van der Waals surface area contributed by atoms with E-state index >= 15 is 0 Å². The van der Waals surface area contributed by atoms with Crippen molar-refractivity contribution in [2.24, 2.45) is 0 Å². The van der Waals surface area contributed by atoms with Crippen LogP contribution in [0.1, 0.15) is 10.4 Å². The number of anilines is 1. The predicted molar refractivity (Wildman–Crippen MR) is 56.7 cm³/mol. The lowest BCUT2D eigenvalue weighted by Gasteiger charge is -2.25. The number of nitrogens with zero attached hydrogens (tertiary/aromatic N) is 1. The van der Waals surface area contributed by atoms with Gasteiger partial charge in [-0.25, -0.2) is 14.1 Å². The highest BCUT2D eigenvalue weighted by Gasteiger charge is 2.31. The van der Waals surface area contributed by atoms with E-state index in [1.807, 2.05) is 0 Å². The van der Waals surface area contributed by atoms with E-state index in [2.05, 4.69) is 0 Å². The average Bonchev–Trinajstić information content (AvgIpc) is 2.30. The van der Waals surface area contributed by atoms with Crippen LogP contribution in [0.25, 0.3) is 0 Å². The number of imide groups is 1. The maximum absolute atomic E-state index is 13.0. The van der Waals surface area contributed by atoms with Gasteiger partial charge in [-0.15, -0.1) is 0 Å². The molecule has 0 aromatic heterocycles. The third-order valence-corrected chi connectivity index (χ3v) is 2.38. The molecule has 1 saturated heterocycles. The van der Waals surface area contributed by atoms with Gasteiger partial charge in [0.2, 0.25) is 0 Å². The minimum Gasteiger partial charge on any atom is -0.478 e. The lowest BCUT2D eigenvalue weighted by atomic mass is 10.1. The zero-order chi connectivity index (χ0) is 13.3. The third kappa shape index (κ3) is 2.07. The summed E-state index contributed by atoms with van der Waals surface area (Å²) in [5.74, 6) is -3.54. The van der Waals surface area contributed by atoms with E-state index in [-0.39, 0.29) is 18.9 Å². The van der Waals surface area contributed by atoms with Crippen LogP contribution in [-0.2, 0) is 14.3 Å². The molecule has 0 radical (unpaired) electrons. The fourth-order valence-corrected chi connectivity index (χ4v) is 1.64. The molecule has 2 amide bonds. The number of carboxylic acids is 1. The minimum atomic E-state index is -1.42. The lowest BCUT2D eigenvalue weighted by Crippen LogP contribution is -2.47. The number of benzene rings is 1. The second kappa shape index (κ2) is 4.53. The van der Waals surface area contributed by atoms with Gasteiger partial charge in [-0.1, -0.05) is 0 Å². The Bertz CT molecular complexity index is 526. The summed E-state index contributed by atoms with van der Waals surface area (Å²) in [6, 6.07) is 2.82. The fourth-order valence-electron chi connectivity index (χ4n) is 1.64. The summed E-state index contributed by atoms with van der Waals surface area (Å²) >= 11 is 0. The van der Waals surface area contributed by atoms with Crippen LogP contribution in [0, 0.1) is 5.82 Å². The van der Waals surface area contributed by atoms with Crippen LogP contribution in [0.5, 0.6) is 0 Å². The van der Waals surface area contributed by atoms with Crippen LogP contribution in [0.2, 0.25) is 0 Å². The Balaban J connectivity index is 2.52. The number of hydrogen-bond donors (Lipinski definition) is 1. The lowest BCUT2D eigenvalue weighted by molar-refractivity contribution is -0.138. The first-order valence-corrected chi connectivity index (χ1v) is 4.97. The first-order chi connectivity index (χ1) is 8.50. The molecule has 1 heterocycles. The molecule has 1 N–H and O–H groups in total. The molecular formula is C11H8FNO5. The van der Waals surface area contributed by atoms with E-state index in [1.165, 1.54) is 0 Å². The molecule has 94 valence electrons. The molecule has 0 saturated carbocycles. The number of rotatable bonds is 2. The van der Waals surface area contributed by atoms with Gasteiger partial charge in [0, 0.05) is 0 Å². The molecular weight excluding hydrogens is 245 g/mol. The Labute approximate surface area is 101 Å². The summed E-state index contributed by atoms with van der Waals surface area (Å²) in [5.41, 5.74) is -0.596. The number of hydrogen-bond acceptors (Lipinski definition) is 4. The third-order valence-electron chi connectivity index (χ3n) is 2.38. The van der Waals surface area contributed by atoms with Gasteiger partial charge in [-0.3, -0.25) is 9.59 Å². The van der Waals surface area contributed by atoms with Crippen molar-refractivity contribution in [3.05, 3.63) is 29.6 Å². The molecule has 0 bridgehead atoms. The Morgan fingerprint density at radius 1 is 1.28 bits per heavy atom. The van der Waals surface area contributed by atoms with Crippen molar-refractivity contribution < 1.29 is 28.6 Å². The molecule has 1 aromatic rings. The van der Waals surface area contributed by atoms with E-state index in [4.69, 9.17) is 9.84 Å². The number of carbonyl (C=O) groups is 3. The smallest absolute Gasteiger partial charge is 0.337 e. The largest absolute Gasteiger partial charge is 0.478 e. The molecule has 0 unspecified atom stereocenters. The summed E-state index contributed by atoms with van der Waals surface area (Å²) in [7, 11) is 0. The van der Waals surface area contributed by atoms with Crippen LogP contribution in [0.3, 0.4) is 0 Å². The quantitative estimate of drug-likeness (QED) is 0.772. The molecule has 0 spiro atoms. The van der Waals surface area contributed by atoms with Gasteiger partial charge < -0.3 is 9.84 Å². The van der Waals surface area contributed by atoms with Crippen molar-refractivity contribution in [2.45, 2.75) is 0 Å². The SMILES string of the molecule is O=C(O)c1cc(F)ccc1N1C(=O)COCC1=O. The van der Waals surface area contributed by atoms with E-state index in [0.717, 1.165) is 18.2 Å². The predicted octanol–water partition coefficient (Wildman–Crippen LogP) is 0.414. The van der Waals surface area contributed by atoms with Crippen molar-refractivity contribution in [2.75, 3.05) is 18.1 Å². The van der Waals surface area contributed by atoms with Crippen molar-refractivity contribution in [1.29, 1.82) is 0 Å². The van der Waals surface area contributed by atoms with Gasteiger partial charge in [-0.05, 0) is 18.2 Å². The number of ether oxygens (including phenoxy) is 1. The van der Waals surface area contributed by atoms with Crippen LogP contribution < -0.4 is 4.90 Å². The standard InChI is InChI=1S/C11H8FNO5/c12-6-1-2-8(7(3-6)11(16)17)13-9(14)4-18-5-10(13)15/h1-3H,4-5H2,(H,16,17). The number of carbonyl (C=O) groups excluding carboxylic acids is 2. The van der Waals surface area contributed by atoms with E-state index < -0.39 is 29.2 Å². The van der Waals surface area contributed by atoms with Gasteiger partial charge in [0.05, 0.1) is 11.3 Å². The Kier molecular flexibility index (Phi) is 3.07. The van der Waals surface area contributed by atoms with Crippen LogP contribution in [0.15, 0.2) is 18.2 Å². The van der Waals surface area contributed by atoms with Crippen LogP contribution >= 0.6 is 0 Å². The van der Waals surface area contributed by atoms with Gasteiger partial charge in [-0.2, -0.15) is 0 Å². The number of halogens is 1. The van der Waals surface area contributed by atoms with Gasteiger partial charge in [0.25, 0.3) is 11.8 Å². The highest BCUT2D eigenvalue weighted by atomic mass is 19.1. The second-order valence-electron chi connectivity index (χ2n) is 3.58. The maximum atomic E-state index is 13.0. The van der Waals surface area contributed by atoms with Gasteiger partial charge >= 0.3 is 5.97 Å². The Hall–Kier alpha value is -2.28. The summed E-state index contributed by atoms with van der Waals surface area (Å²) in [6.07, 6.45) is 0. The van der Waals surface area contributed by atoms with Crippen molar-refractivity contribution >= 4 is 23.5 Å². The molecule has 18 heavy (non-hydrogen) atoms. The van der Waals surface area contributed by atoms with Crippen LogP contribution in [-0.4, -0.2) is 36.1 Å². The van der Waals surface area contributed by atoms with Gasteiger partial charge in [0.15, 0.2) is 0 Å². The van der Waals surface area contributed by atoms with E-state index in [1.54, 1.807) is 0 Å². The van der Waals surface area contributed by atoms with Crippen LogP contribution in [0.4, 0.5) is 10.1 Å². The zero-order valence-electron chi connectivity index (χ0n) is 9.05. The summed E-state index contributed by atoms with van der Waals surface area (Å²) in [4.78, 5) is 34.8. The zero-order valence-corrected chi connectivity index (χ0v) is 9.05. The molecule has 1 aromatic carbocycles. The molecule has 1 aliphatic heterocycles.